The minimum atomic E-state index is -2.71. The maximum Gasteiger partial charge on any atom is 0.281 e. The van der Waals surface area contributed by atoms with E-state index >= 15 is 0 Å². The second-order valence-corrected chi connectivity index (χ2v) is 3.33. The molecule has 0 aliphatic heterocycles. The molecule has 13 heavy (non-hydrogen) atoms. The molecule has 6 heteroatoms. The molecule has 0 atom stereocenters. The van der Waals surface area contributed by atoms with Crippen LogP contribution in [0.25, 0.3) is 0 Å². The molecular formula is C7H5F2IN2O. The van der Waals surface area contributed by atoms with E-state index in [1.807, 2.05) is 0 Å². The van der Waals surface area contributed by atoms with Crippen molar-refractivity contribution in [3.05, 3.63) is 20.9 Å². The van der Waals surface area contributed by atoms with Crippen LogP contribution in [-0.2, 0) is 0 Å². The predicted octanol–water partition coefficient (Wildman–Crippen LogP) is 2.02. The average Bonchev–Trinajstić information content (AvgIpc) is 2.08. The topological polar surface area (TPSA) is 56.0 Å². The van der Waals surface area contributed by atoms with Crippen molar-refractivity contribution in [3.8, 4) is 0 Å². The monoisotopic (exact) mass is 298 g/mol. The predicted molar refractivity (Wildman–Crippen MR) is 51.7 cm³/mol. The normalized spacial score (nSPS) is 10.5. The molecule has 1 rings (SSSR count). The van der Waals surface area contributed by atoms with Crippen LogP contribution >= 0.6 is 22.6 Å². The number of carbonyl (C=O) groups excluding carboxylic acids is 1. The Balaban J connectivity index is 3.35. The summed E-state index contributed by atoms with van der Waals surface area (Å²) >= 11 is 1.64. The summed E-state index contributed by atoms with van der Waals surface area (Å²) in [5.41, 5.74) is 4.94. The first kappa shape index (κ1) is 10.3. The number of anilines is 1. The summed E-state index contributed by atoms with van der Waals surface area (Å²) in [6, 6.07) is 1.26. The molecule has 0 radical (unpaired) electrons. The molecule has 1 aromatic heterocycles. The Kier molecular flexibility index (Phi) is 3.12. The van der Waals surface area contributed by atoms with Crippen LogP contribution in [0.15, 0.2) is 6.07 Å². The molecule has 0 bridgehead atoms. The van der Waals surface area contributed by atoms with Crippen LogP contribution in [0.1, 0.15) is 22.5 Å². The number of nitrogens with zero attached hydrogens (tertiary/aromatic N) is 1. The summed E-state index contributed by atoms with van der Waals surface area (Å²) in [7, 11) is 0. The fourth-order valence-electron chi connectivity index (χ4n) is 0.821. The maximum atomic E-state index is 12.3. The van der Waals surface area contributed by atoms with E-state index in [0.29, 0.717) is 6.29 Å². The first-order valence-corrected chi connectivity index (χ1v) is 4.33. The maximum absolute atomic E-state index is 12.3. The van der Waals surface area contributed by atoms with Gasteiger partial charge in [-0.05, 0) is 28.7 Å². The summed E-state index contributed by atoms with van der Waals surface area (Å²) in [6.45, 7) is 0. The lowest BCUT2D eigenvalue weighted by Crippen LogP contribution is -2.03. The Bertz CT molecular complexity index is 344. The number of aldehydes is 1. The van der Waals surface area contributed by atoms with Gasteiger partial charge in [-0.25, -0.2) is 13.8 Å². The molecule has 0 amide bonds. The number of nitrogens with two attached hydrogens (primary N) is 1. The smallest absolute Gasteiger partial charge is 0.281 e. The average molecular weight is 298 g/mol. The Hall–Kier alpha value is -0.790. The van der Waals surface area contributed by atoms with Crippen LogP contribution in [0, 0.1) is 3.57 Å². The van der Waals surface area contributed by atoms with Gasteiger partial charge in [0.1, 0.15) is 11.5 Å². The van der Waals surface area contributed by atoms with Crippen molar-refractivity contribution in [1.82, 2.24) is 4.98 Å². The third-order valence-corrected chi connectivity index (χ3v) is 2.54. The molecule has 0 fully saturated rings. The van der Waals surface area contributed by atoms with Crippen LogP contribution in [0.4, 0.5) is 14.6 Å². The number of halogens is 3. The van der Waals surface area contributed by atoms with Gasteiger partial charge in [0.25, 0.3) is 6.43 Å². The van der Waals surface area contributed by atoms with Crippen molar-refractivity contribution in [1.29, 1.82) is 0 Å². The minimum absolute atomic E-state index is 0.0715. The largest absolute Gasteiger partial charge is 0.384 e. The van der Waals surface area contributed by atoms with E-state index in [-0.39, 0.29) is 15.0 Å². The zero-order valence-corrected chi connectivity index (χ0v) is 8.46. The van der Waals surface area contributed by atoms with Crippen molar-refractivity contribution in [2.75, 3.05) is 5.73 Å². The number of aromatic nitrogens is 1. The molecule has 2 N–H and O–H groups in total. The highest BCUT2D eigenvalue weighted by Crippen LogP contribution is 2.25. The summed E-state index contributed by atoms with van der Waals surface area (Å²) < 4.78 is 24.7. The van der Waals surface area contributed by atoms with E-state index in [1.165, 1.54) is 6.07 Å². The van der Waals surface area contributed by atoms with Crippen molar-refractivity contribution in [2.24, 2.45) is 0 Å². The van der Waals surface area contributed by atoms with Crippen LogP contribution in [-0.4, -0.2) is 11.3 Å². The molecule has 0 spiro atoms. The fraction of sp³-hybridized carbons (Fsp3) is 0.143. The molecule has 0 aliphatic carbocycles. The van der Waals surface area contributed by atoms with Gasteiger partial charge in [-0.1, -0.05) is 0 Å². The van der Waals surface area contributed by atoms with Crippen LogP contribution in [0.2, 0.25) is 0 Å². The van der Waals surface area contributed by atoms with Crippen LogP contribution in [0.5, 0.6) is 0 Å². The highest BCUT2D eigenvalue weighted by Gasteiger charge is 2.16. The summed E-state index contributed by atoms with van der Waals surface area (Å²) in [5, 5.41) is 0. The zero-order valence-electron chi connectivity index (χ0n) is 6.30. The lowest BCUT2D eigenvalue weighted by atomic mass is 10.2. The Labute approximate surface area is 86.5 Å². The van der Waals surface area contributed by atoms with Gasteiger partial charge < -0.3 is 5.73 Å². The van der Waals surface area contributed by atoms with Gasteiger partial charge in [0, 0.05) is 5.56 Å². The van der Waals surface area contributed by atoms with Gasteiger partial charge >= 0.3 is 0 Å². The van der Waals surface area contributed by atoms with E-state index in [4.69, 9.17) is 5.73 Å². The second-order valence-electron chi connectivity index (χ2n) is 2.25. The van der Waals surface area contributed by atoms with E-state index in [1.54, 1.807) is 22.6 Å². The van der Waals surface area contributed by atoms with Crippen molar-refractivity contribution in [3.63, 3.8) is 0 Å². The number of pyridine rings is 1. The standard InChI is InChI=1S/C7H5F2IN2O/c8-7(9)6-5(10)3(2-13)1-4(11)12-6/h1-2,7H,(H2,11,12). The Morgan fingerprint density at radius 2 is 2.23 bits per heavy atom. The lowest BCUT2D eigenvalue weighted by Gasteiger charge is -2.05. The number of hydrogen-bond donors (Lipinski definition) is 1. The molecule has 3 nitrogen and oxygen atoms in total. The number of alkyl halides is 2. The molecule has 0 unspecified atom stereocenters. The van der Waals surface area contributed by atoms with Crippen molar-refractivity contribution >= 4 is 34.7 Å². The summed E-state index contributed by atoms with van der Waals surface area (Å²) in [6.07, 6.45) is -2.24. The molecule has 0 aliphatic rings. The molecule has 0 saturated carbocycles. The van der Waals surface area contributed by atoms with E-state index in [2.05, 4.69) is 4.98 Å². The van der Waals surface area contributed by atoms with Gasteiger partial charge in [-0.2, -0.15) is 0 Å². The first-order valence-electron chi connectivity index (χ1n) is 3.25. The third-order valence-electron chi connectivity index (χ3n) is 1.36. The number of rotatable bonds is 2. The quantitative estimate of drug-likeness (QED) is 0.671. The SMILES string of the molecule is Nc1cc(C=O)c(I)c(C(F)F)n1. The highest BCUT2D eigenvalue weighted by molar-refractivity contribution is 14.1. The Morgan fingerprint density at radius 3 is 2.69 bits per heavy atom. The van der Waals surface area contributed by atoms with Crippen LogP contribution < -0.4 is 5.73 Å². The minimum Gasteiger partial charge on any atom is -0.384 e. The highest BCUT2D eigenvalue weighted by atomic mass is 127. The Morgan fingerprint density at radius 1 is 1.62 bits per heavy atom. The molecular weight excluding hydrogens is 293 g/mol. The van der Waals surface area contributed by atoms with Gasteiger partial charge in [0.15, 0.2) is 6.29 Å². The van der Waals surface area contributed by atoms with E-state index in [0.717, 1.165) is 0 Å². The summed E-state index contributed by atoms with van der Waals surface area (Å²) in [5.74, 6) is -0.0715. The van der Waals surface area contributed by atoms with Gasteiger partial charge in [0.05, 0.1) is 3.57 Å². The lowest BCUT2D eigenvalue weighted by molar-refractivity contribution is 0.112. The van der Waals surface area contributed by atoms with Crippen molar-refractivity contribution in [2.45, 2.75) is 6.43 Å². The molecule has 0 saturated heterocycles. The van der Waals surface area contributed by atoms with Gasteiger partial charge in [-0.15, -0.1) is 0 Å². The zero-order chi connectivity index (χ0) is 10.0. The number of hydrogen-bond acceptors (Lipinski definition) is 3. The number of nitrogen functional groups attached to an aromatic ring is 1. The third kappa shape index (κ3) is 2.11. The van der Waals surface area contributed by atoms with Gasteiger partial charge in [-0.3, -0.25) is 4.79 Å². The molecule has 1 aromatic rings. The van der Waals surface area contributed by atoms with E-state index < -0.39 is 12.1 Å². The van der Waals surface area contributed by atoms with Gasteiger partial charge in [0.2, 0.25) is 0 Å². The molecule has 0 aromatic carbocycles. The number of carbonyl (C=O) groups is 1. The first-order chi connectivity index (χ1) is 6.06. The van der Waals surface area contributed by atoms with Crippen molar-refractivity contribution < 1.29 is 13.6 Å². The fourth-order valence-corrected chi connectivity index (χ4v) is 1.46. The second kappa shape index (κ2) is 3.95. The van der Waals surface area contributed by atoms with E-state index in [9.17, 15) is 13.6 Å². The summed E-state index contributed by atoms with van der Waals surface area (Å²) in [4.78, 5) is 13.9. The molecule has 70 valence electrons. The van der Waals surface area contributed by atoms with Crippen LogP contribution in [0.3, 0.4) is 0 Å². The molecule has 1 heterocycles.